The predicted octanol–water partition coefficient (Wildman–Crippen LogP) is 7.59. The average molecular weight is 579 g/mol. The van der Waals surface area contributed by atoms with E-state index in [4.69, 9.17) is 18.5 Å². The van der Waals surface area contributed by atoms with E-state index >= 15 is 0 Å². The number of nitrogens with zero attached hydrogens (tertiary/aromatic N) is 1. The highest BCUT2D eigenvalue weighted by Crippen LogP contribution is 2.43. The normalized spacial score (nSPS) is 14.5. The van der Waals surface area contributed by atoms with Crippen LogP contribution in [0, 0.1) is 0 Å². The Kier molecular flexibility index (Phi) is 24.5. The maximum absolute atomic E-state index is 12.3. The first kappa shape index (κ1) is 38.2. The van der Waals surface area contributed by atoms with Gasteiger partial charge in [-0.15, -0.1) is 0 Å². The summed E-state index contributed by atoms with van der Waals surface area (Å²) in [5.41, 5.74) is 0. The third-order valence-electron chi connectivity index (χ3n) is 6.33. The number of carbonyl (C=O) groups excluding carboxylic acids is 1. The smallest absolute Gasteiger partial charge is 0.457 e. The predicted molar refractivity (Wildman–Crippen MR) is 160 cm³/mol. The molecule has 2 atom stereocenters. The molecule has 0 bridgehead atoms. The van der Waals surface area contributed by atoms with Crippen LogP contribution in [0.5, 0.6) is 0 Å². The molecule has 0 aromatic rings. The van der Waals surface area contributed by atoms with Gasteiger partial charge < -0.3 is 18.9 Å². The summed E-state index contributed by atoms with van der Waals surface area (Å²) in [6, 6.07) is 0. The van der Waals surface area contributed by atoms with Crippen LogP contribution in [0.15, 0.2) is 12.2 Å². The molecule has 8 nitrogen and oxygen atoms in total. The summed E-state index contributed by atoms with van der Waals surface area (Å²) >= 11 is 0. The maximum atomic E-state index is 12.3. The van der Waals surface area contributed by atoms with Gasteiger partial charge in [0.25, 0.3) is 0 Å². The van der Waals surface area contributed by atoms with Crippen LogP contribution in [0.4, 0.5) is 0 Å². The van der Waals surface area contributed by atoms with E-state index in [0.717, 1.165) is 44.9 Å². The lowest BCUT2D eigenvalue weighted by molar-refractivity contribution is -0.870. The number of phosphoric ester groups is 1. The van der Waals surface area contributed by atoms with Gasteiger partial charge in [-0.05, 0) is 32.1 Å². The monoisotopic (exact) mass is 578 g/mol. The van der Waals surface area contributed by atoms with Gasteiger partial charge >= 0.3 is 13.8 Å². The molecule has 0 rings (SSSR count). The van der Waals surface area contributed by atoms with E-state index in [-0.39, 0.29) is 25.8 Å². The highest BCUT2D eigenvalue weighted by molar-refractivity contribution is 7.47. The van der Waals surface area contributed by atoms with E-state index in [1.807, 2.05) is 21.1 Å². The SMILES string of the molecule is CCCC/C=C\CCCCCCCCOCC(COP(=O)(O)OCC[N+](C)(C)C)OC(=O)CCCCCCC. The Morgan fingerprint density at radius 3 is 2.03 bits per heavy atom. The van der Waals surface area contributed by atoms with Crippen LogP contribution in [-0.2, 0) is 27.9 Å². The van der Waals surface area contributed by atoms with Gasteiger partial charge in [0.2, 0.25) is 0 Å². The molecule has 39 heavy (non-hydrogen) atoms. The Hall–Kier alpha value is -0.760. The molecular weight excluding hydrogens is 517 g/mol. The Morgan fingerprint density at radius 2 is 1.36 bits per heavy atom. The molecule has 0 amide bonds. The van der Waals surface area contributed by atoms with Crippen LogP contribution >= 0.6 is 7.82 Å². The molecule has 2 unspecified atom stereocenters. The fraction of sp³-hybridized carbons (Fsp3) is 0.900. The van der Waals surface area contributed by atoms with Gasteiger partial charge in [0.1, 0.15) is 19.3 Å². The van der Waals surface area contributed by atoms with Crippen LogP contribution in [0.2, 0.25) is 0 Å². The number of phosphoric acid groups is 1. The van der Waals surface area contributed by atoms with Crippen LogP contribution in [0.1, 0.15) is 117 Å². The number of rotatable bonds is 28. The van der Waals surface area contributed by atoms with E-state index in [0.29, 0.717) is 24.1 Å². The molecule has 0 spiro atoms. The molecule has 0 radical (unpaired) electrons. The number of ether oxygens (including phenoxy) is 2. The molecule has 0 heterocycles. The number of quaternary nitrogens is 1. The lowest BCUT2D eigenvalue weighted by atomic mass is 10.1. The summed E-state index contributed by atoms with van der Waals surface area (Å²) in [6.07, 6.45) is 21.2. The van der Waals surface area contributed by atoms with Crippen LogP contribution in [-0.4, -0.2) is 75.6 Å². The van der Waals surface area contributed by atoms with Crippen molar-refractivity contribution in [3.8, 4) is 0 Å². The second kappa shape index (κ2) is 25.0. The zero-order valence-electron chi connectivity index (χ0n) is 25.9. The van der Waals surface area contributed by atoms with Crippen molar-refractivity contribution >= 4 is 13.8 Å². The molecule has 1 N–H and O–H groups in total. The van der Waals surface area contributed by atoms with Gasteiger partial charge in [0, 0.05) is 13.0 Å². The number of unbranched alkanes of at least 4 members (excludes halogenated alkanes) is 12. The molecule has 9 heteroatoms. The number of allylic oxidation sites excluding steroid dienone is 2. The summed E-state index contributed by atoms with van der Waals surface area (Å²) in [5.74, 6) is -0.331. The summed E-state index contributed by atoms with van der Waals surface area (Å²) in [7, 11) is 1.66. The molecule has 0 aliphatic rings. The molecule has 0 aliphatic carbocycles. The summed E-state index contributed by atoms with van der Waals surface area (Å²) in [4.78, 5) is 22.4. The Morgan fingerprint density at radius 1 is 0.769 bits per heavy atom. The van der Waals surface area contributed by atoms with Crippen LogP contribution in [0.3, 0.4) is 0 Å². The third kappa shape index (κ3) is 28.6. The topological polar surface area (TPSA) is 91.3 Å². The van der Waals surface area contributed by atoms with Gasteiger partial charge in [0.05, 0.1) is 34.4 Å². The Labute approximate surface area is 240 Å². The first-order chi connectivity index (χ1) is 18.6. The van der Waals surface area contributed by atoms with E-state index in [1.165, 1.54) is 51.4 Å². The first-order valence-corrected chi connectivity index (χ1v) is 16.9. The minimum absolute atomic E-state index is 0.0889. The molecule has 0 fully saturated rings. The second-order valence-corrected chi connectivity index (χ2v) is 12.9. The van der Waals surface area contributed by atoms with Crippen LogP contribution < -0.4 is 0 Å². The fourth-order valence-electron chi connectivity index (χ4n) is 3.82. The van der Waals surface area contributed by atoms with Crippen molar-refractivity contribution in [1.82, 2.24) is 0 Å². The number of likely N-dealkylation sites (N-methyl/N-ethyl adjacent to an activating group) is 1. The summed E-state index contributed by atoms with van der Waals surface area (Å²) in [5, 5.41) is 0. The maximum Gasteiger partial charge on any atom is 0.472 e. The van der Waals surface area contributed by atoms with Gasteiger partial charge in [-0.3, -0.25) is 13.8 Å². The molecule has 0 aromatic carbocycles. The van der Waals surface area contributed by atoms with E-state index in [9.17, 15) is 14.3 Å². The van der Waals surface area contributed by atoms with Crippen molar-refractivity contribution in [2.24, 2.45) is 0 Å². The van der Waals surface area contributed by atoms with Crippen molar-refractivity contribution in [3.05, 3.63) is 12.2 Å². The lowest BCUT2D eigenvalue weighted by Crippen LogP contribution is -2.37. The van der Waals surface area contributed by atoms with E-state index < -0.39 is 13.9 Å². The number of hydrogen-bond acceptors (Lipinski definition) is 6. The number of carbonyl (C=O) groups is 1. The van der Waals surface area contributed by atoms with Crippen LogP contribution in [0.25, 0.3) is 0 Å². The Bertz CT molecular complexity index is 652. The highest BCUT2D eigenvalue weighted by atomic mass is 31.2. The fourth-order valence-corrected chi connectivity index (χ4v) is 4.57. The highest BCUT2D eigenvalue weighted by Gasteiger charge is 2.26. The first-order valence-electron chi connectivity index (χ1n) is 15.4. The quantitative estimate of drug-likeness (QED) is 0.0336. The molecule has 0 aromatic heterocycles. The number of esters is 1. The largest absolute Gasteiger partial charge is 0.472 e. The average Bonchev–Trinajstić information content (AvgIpc) is 2.86. The zero-order valence-corrected chi connectivity index (χ0v) is 26.8. The molecule has 0 saturated carbocycles. The lowest BCUT2D eigenvalue weighted by Gasteiger charge is -2.24. The summed E-state index contributed by atoms with van der Waals surface area (Å²) < 4.78 is 34.4. The molecule has 232 valence electrons. The zero-order chi connectivity index (χ0) is 29.2. The second-order valence-electron chi connectivity index (χ2n) is 11.5. The minimum atomic E-state index is -4.24. The molecule has 0 saturated heterocycles. The summed E-state index contributed by atoms with van der Waals surface area (Å²) in [6.45, 7) is 5.47. The van der Waals surface area contributed by atoms with E-state index in [1.54, 1.807) is 0 Å². The van der Waals surface area contributed by atoms with Gasteiger partial charge in [0.15, 0.2) is 0 Å². The van der Waals surface area contributed by atoms with Crippen molar-refractivity contribution in [2.45, 2.75) is 123 Å². The van der Waals surface area contributed by atoms with Gasteiger partial charge in [-0.25, -0.2) is 4.57 Å². The Balaban J connectivity index is 4.30. The third-order valence-corrected chi connectivity index (χ3v) is 7.31. The number of hydrogen-bond donors (Lipinski definition) is 1. The van der Waals surface area contributed by atoms with Gasteiger partial charge in [-0.1, -0.05) is 90.2 Å². The van der Waals surface area contributed by atoms with Crippen molar-refractivity contribution in [1.29, 1.82) is 0 Å². The molecule has 0 aliphatic heterocycles. The minimum Gasteiger partial charge on any atom is -0.457 e. The van der Waals surface area contributed by atoms with Crippen molar-refractivity contribution in [2.75, 3.05) is 54.1 Å². The van der Waals surface area contributed by atoms with Crippen molar-refractivity contribution < 1.29 is 37.3 Å². The van der Waals surface area contributed by atoms with Gasteiger partial charge in [-0.2, -0.15) is 0 Å². The van der Waals surface area contributed by atoms with Crippen molar-refractivity contribution in [3.63, 3.8) is 0 Å². The molecular formula is C30H61NO7P+. The standard InChI is InChI=1S/C30H60NO7P/c1-6-8-10-12-13-14-15-16-17-18-20-22-25-35-27-29(38-30(32)23-21-19-11-9-7-2)28-37-39(33,34)36-26-24-31(3,4)5/h12-13,29H,6-11,14-28H2,1-5H3/p+1/b13-12-. The van der Waals surface area contributed by atoms with E-state index in [2.05, 4.69) is 26.0 Å².